The lowest BCUT2D eigenvalue weighted by molar-refractivity contribution is -0.116. The molecule has 0 saturated carbocycles. The fourth-order valence-corrected chi connectivity index (χ4v) is 4.49. The molecule has 3 rings (SSSR count). The maximum atomic E-state index is 11.6. The van der Waals surface area contributed by atoms with Gasteiger partial charge in [-0.05, 0) is 55.0 Å². The van der Waals surface area contributed by atoms with Crippen molar-refractivity contribution < 1.29 is 9.53 Å². The zero-order chi connectivity index (χ0) is 22.6. The number of ether oxygens (including phenoxy) is 1. The Morgan fingerprint density at radius 2 is 2.10 bits per heavy atom. The standard InChI is InChI=1S/C24H34N4O2S/c1-17(22(29)25-5)9-12-27(6)31-19-7-8-21-20(15-19)26-23(24(2,3)4)28(21)16-18-10-13-30-14-11-18/h7-9,12,15,18H,1,10-11,13-14,16H2,2-6H3,(H,25,29)/b12-9-. The van der Waals surface area contributed by atoms with Crippen LogP contribution in [0, 0.1) is 5.92 Å². The van der Waals surface area contributed by atoms with E-state index in [4.69, 9.17) is 9.72 Å². The normalized spacial score (nSPS) is 15.5. The van der Waals surface area contributed by atoms with Crippen molar-refractivity contribution >= 4 is 28.9 Å². The largest absolute Gasteiger partial charge is 0.381 e. The molecule has 0 aliphatic carbocycles. The molecule has 7 heteroatoms. The van der Waals surface area contributed by atoms with Crippen molar-refractivity contribution in [3.8, 4) is 0 Å². The molecule has 1 aromatic heterocycles. The predicted molar refractivity (Wildman–Crippen MR) is 128 cm³/mol. The van der Waals surface area contributed by atoms with E-state index in [1.807, 2.05) is 17.6 Å². The average Bonchev–Trinajstić information content (AvgIpc) is 3.10. The predicted octanol–water partition coefficient (Wildman–Crippen LogP) is 4.52. The third-order valence-electron chi connectivity index (χ3n) is 5.43. The fourth-order valence-electron chi connectivity index (χ4n) is 3.74. The van der Waals surface area contributed by atoms with Crippen molar-refractivity contribution in [2.75, 3.05) is 27.3 Å². The molecule has 0 unspecified atom stereocenters. The number of fused-ring (bicyclic) bond motifs is 1. The summed E-state index contributed by atoms with van der Waals surface area (Å²) in [6.07, 6.45) is 5.77. The molecule has 1 aromatic carbocycles. The number of nitrogens with one attached hydrogen (secondary N) is 1. The first-order chi connectivity index (χ1) is 14.7. The smallest absolute Gasteiger partial charge is 0.250 e. The van der Waals surface area contributed by atoms with Gasteiger partial charge in [0.25, 0.3) is 0 Å². The second-order valence-corrected chi connectivity index (χ2v) is 10.3. The highest BCUT2D eigenvalue weighted by Gasteiger charge is 2.25. The molecule has 0 bridgehead atoms. The quantitative estimate of drug-likeness (QED) is 0.388. The topological polar surface area (TPSA) is 59.4 Å². The van der Waals surface area contributed by atoms with E-state index < -0.39 is 0 Å². The molecule has 0 atom stereocenters. The van der Waals surface area contributed by atoms with Gasteiger partial charge in [0.15, 0.2) is 0 Å². The van der Waals surface area contributed by atoms with Crippen LogP contribution in [0.25, 0.3) is 11.0 Å². The van der Waals surface area contributed by atoms with Gasteiger partial charge in [0.2, 0.25) is 5.91 Å². The molecule has 0 radical (unpaired) electrons. The number of nitrogens with zero attached hydrogens (tertiary/aromatic N) is 3. The van der Waals surface area contributed by atoms with Gasteiger partial charge in [0, 0.05) is 55.9 Å². The summed E-state index contributed by atoms with van der Waals surface area (Å²) in [6.45, 7) is 13.1. The highest BCUT2D eigenvalue weighted by atomic mass is 32.2. The summed E-state index contributed by atoms with van der Waals surface area (Å²) in [7, 11) is 3.55. The Morgan fingerprint density at radius 3 is 2.74 bits per heavy atom. The summed E-state index contributed by atoms with van der Waals surface area (Å²) in [6, 6.07) is 6.47. The number of benzene rings is 1. The molecule has 6 nitrogen and oxygen atoms in total. The number of carbonyl (C=O) groups excluding carboxylic acids is 1. The van der Waals surface area contributed by atoms with Crippen molar-refractivity contribution in [1.29, 1.82) is 0 Å². The summed E-state index contributed by atoms with van der Waals surface area (Å²) in [5, 5.41) is 2.57. The van der Waals surface area contributed by atoms with E-state index in [1.54, 1.807) is 25.1 Å². The van der Waals surface area contributed by atoms with Crippen LogP contribution in [0.3, 0.4) is 0 Å². The van der Waals surface area contributed by atoms with Crippen LogP contribution in [-0.2, 0) is 21.5 Å². The summed E-state index contributed by atoms with van der Waals surface area (Å²) in [4.78, 5) is 17.7. The first kappa shape index (κ1) is 23.4. The molecule has 1 fully saturated rings. The van der Waals surface area contributed by atoms with Crippen LogP contribution in [0.4, 0.5) is 0 Å². The van der Waals surface area contributed by atoms with E-state index in [1.165, 1.54) is 5.52 Å². The molecule has 1 N–H and O–H groups in total. The van der Waals surface area contributed by atoms with Gasteiger partial charge in [-0.1, -0.05) is 27.4 Å². The monoisotopic (exact) mass is 442 g/mol. The number of hydrogen-bond acceptors (Lipinski definition) is 5. The molecule has 0 spiro atoms. The molecule has 168 valence electrons. The third-order valence-corrected chi connectivity index (χ3v) is 6.30. The molecule has 31 heavy (non-hydrogen) atoms. The molecule has 1 aliphatic rings. The van der Waals surface area contributed by atoms with Crippen LogP contribution in [-0.4, -0.2) is 47.1 Å². The van der Waals surface area contributed by atoms with Crippen molar-refractivity contribution in [2.24, 2.45) is 5.92 Å². The second kappa shape index (κ2) is 9.92. The average molecular weight is 443 g/mol. The van der Waals surface area contributed by atoms with Gasteiger partial charge in [-0.3, -0.25) is 4.79 Å². The van der Waals surface area contributed by atoms with Crippen LogP contribution in [0.1, 0.15) is 39.4 Å². The highest BCUT2D eigenvalue weighted by molar-refractivity contribution is 7.97. The minimum Gasteiger partial charge on any atom is -0.381 e. The van der Waals surface area contributed by atoms with E-state index >= 15 is 0 Å². The Labute approximate surface area is 189 Å². The maximum Gasteiger partial charge on any atom is 0.250 e. The van der Waals surface area contributed by atoms with E-state index in [2.05, 4.69) is 55.4 Å². The Balaban J connectivity index is 1.82. The van der Waals surface area contributed by atoms with Crippen molar-refractivity contribution in [3.05, 3.63) is 48.5 Å². The van der Waals surface area contributed by atoms with Crippen LogP contribution in [0.5, 0.6) is 0 Å². The van der Waals surface area contributed by atoms with Crippen molar-refractivity contribution in [2.45, 2.75) is 50.5 Å². The summed E-state index contributed by atoms with van der Waals surface area (Å²) in [5.41, 5.74) is 2.60. The minimum absolute atomic E-state index is 0.0305. The SMILES string of the molecule is C=C(/C=C\N(C)Sc1ccc2c(c1)nc(C(C)(C)C)n2CC1CCOCC1)C(=O)NC. The summed E-state index contributed by atoms with van der Waals surface area (Å²) >= 11 is 1.59. The number of amides is 1. The third kappa shape index (κ3) is 5.92. The van der Waals surface area contributed by atoms with Gasteiger partial charge in [-0.15, -0.1) is 0 Å². The van der Waals surface area contributed by atoms with E-state index in [0.717, 1.165) is 48.8 Å². The van der Waals surface area contributed by atoms with Crippen LogP contribution in [0.15, 0.2) is 47.5 Å². The van der Waals surface area contributed by atoms with Gasteiger partial charge < -0.3 is 18.9 Å². The van der Waals surface area contributed by atoms with E-state index in [9.17, 15) is 4.79 Å². The second-order valence-electron chi connectivity index (χ2n) is 9.06. The number of likely N-dealkylation sites (N-methyl/N-ethyl adjacent to an activating group) is 1. The molecule has 1 aliphatic heterocycles. The maximum absolute atomic E-state index is 11.6. The minimum atomic E-state index is -0.180. The van der Waals surface area contributed by atoms with Crippen LogP contribution >= 0.6 is 11.9 Å². The Morgan fingerprint density at radius 1 is 1.39 bits per heavy atom. The summed E-state index contributed by atoms with van der Waals surface area (Å²) < 4.78 is 9.92. The number of carbonyl (C=O) groups is 1. The van der Waals surface area contributed by atoms with Gasteiger partial charge in [-0.25, -0.2) is 4.98 Å². The summed E-state index contributed by atoms with van der Waals surface area (Å²) in [5.74, 6) is 1.58. The van der Waals surface area contributed by atoms with Gasteiger partial charge in [-0.2, -0.15) is 0 Å². The van der Waals surface area contributed by atoms with Crippen molar-refractivity contribution in [1.82, 2.24) is 19.2 Å². The lowest BCUT2D eigenvalue weighted by Gasteiger charge is -2.26. The fraction of sp³-hybridized carbons (Fsp3) is 0.500. The number of hydrogen-bond donors (Lipinski definition) is 1. The number of rotatable bonds is 7. The first-order valence-electron chi connectivity index (χ1n) is 10.8. The van der Waals surface area contributed by atoms with Crippen LogP contribution < -0.4 is 5.32 Å². The lowest BCUT2D eigenvalue weighted by Crippen LogP contribution is -2.25. The Bertz CT molecular complexity index is 968. The zero-order valence-electron chi connectivity index (χ0n) is 19.3. The zero-order valence-corrected chi connectivity index (χ0v) is 20.1. The van der Waals surface area contributed by atoms with E-state index in [0.29, 0.717) is 11.5 Å². The van der Waals surface area contributed by atoms with Gasteiger partial charge >= 0.3 is 0 Å². The van der Waals surface area contributed by atoms with E-state index in [-0.39, 0.29) is 11.3 Å². The van der Waals surface area contributed by atoms with Gasteiger partial charge in [0.1, 0.15) is 5.82 Å². The Kier molecular flexibility index (Phi) is 7.49. The van der Waals surface area contributed by atoms with Crippen LogP contribution in [0.2, 0.25) is 0 Å². The molecular weight excluding hydrogens is 408 g/mol. The molecule has 2 heterocycles. The molecule has 1 amide bonds. The first-order valence-corrected chi connectivity index (χ1v) is 11.5. The van der Waals surface area contributed by atoms with Gasteiger partial charge in [0.05, 0.1) is 11.0 Å². The number of aromatic nitrogens is 2. The Hall–Kier alpha value is -2.25. The van der Waals surface area contributed by atoms with Crippen molar-refractivity contribution in [3.63, 3.8) is 0 Å². The molecular formula is C24H34N4O2S. The molecule has 1 saturated heterocycles. The lowest BCUT2D eigenvalue weighted by atomic mass is 9.94. The number of imidazole rings is 1. The molecule has 2 aromatic rings. The highest BCUT2D eigenvalue weighted by Crippen LogP contribution is 2.32.